The Morgan fingerprint density at radius 1 is 1.62 bits per heavy atom. The van der Waals surface area contributed by atoms with E-state index in [-0.39, 0.29) is 0 Å². The highest BCUT2D eigenvalue weighted by Crippen LogP contribution is 2.15. The molecule has 0 radical (unpaired) electrons. The van der Waals surface area contributed by atoms with E-state index in [1.807, 2.05) is 0 Å². The Morgan fingerprint density at radius 3 is 2.69 bits per heavy atom. The summed E-state index contributed by atoms with van der Waals surface area (Å²) >= 11 is 0. The van der Waals surface area contributed by atoms with E-state index in [0.717, 1.165) is 0 Å². The molecular weight excluding hydrogens is 198 g/mol. The molecule has 1 saturated heterocycles. The molecule has 1 aliphatic heterocycles. The average Bonchev–Trinajstić information content (AvgIpc) is 2.40. The Bertz CT molecular complexity index is 364. The van der Waals surface area contributed by atoms with Crippen LogP contribution in [0.15, 0.2) is 0 Å². The summed E-state index contributed by atoms with van der Waals surface area (Å²) in [5, 5.41) is 8.64. The predicted octanol–water partition coefficient (Wildman–Crippen LogP) is -1.33. The van der Waals surface area contributed by atoms with Crippen LogP contribution in [-0.4, -0.2) is 48.0 Å². The maximum Gasteiger partial charge on any atom is 0.327 e. The topological polar surface area (TPSA) is 91.8 Å². The molecule has 1 heterocycles. The van der Waals surface area contributed by atoms with E-state index in [1.54, 1.807) is 0 Å². The van der Waals surface area contributed by atoms with E-state index in [9.17, 15) is 18.0 Å². The zero-order chi connectivity index (χ0) is 10.9. The van der Waals surface area contributed by atoms with Crippen molar-refractivity contribution in [2.24, 2.45) is 0 Å². The minimum atomic E-state index is -3.50. The highest BCUT2D eigenvalue weighted by atomic mass is 32.2. The fourth-order valence-corrected chi connectivity index (χ4v) is 2.79. The number of sulfone groups is 1. The summed E-state index contributed by atoms with van der Waals surface area (Å²) in [7, 11) is -3.50. The molecule has 7 heteroatoms. The van der Waals surface area contributed by atoms with Crippen molar-refractivity contribution in [1.29, 1.82) is 0 Å². The zero-order valence-corrected chi connectivity index (χ0v) is 7.45. The van der Waals surface area contributed by atoms with Crippen LogP contribution in [0.25, 0.3) is 0 Å². The number of hydrogen-bond donors (Lipinski definition) is 1. The fourth-order valence-electron chi connectivity index (χ4n) is 1.14. The first-order chi connectivity index (χ1) is 6.37. The van der Waals surface area contributed by atoms with Gasteiger partial charge in [0, 0.05) is 8.27 Å². The molecule has 13 heavy (non-hydrogen) atoms. The van der Waals surface area contributed by atoms with E-state index in [0.29, 0.717) is 4.90 Å². The number of rotatable bonds is 1. The normalized spacial score (nSPS) is 26.9. The van der Waals surface area contributed by atoms with Gasteiger partial charge in [0.05, 0.1) is 5.75 Å². The molecule has 0 bridgehead atoms. The molecule has 6 nitrogen and oxygen atoms in total. The van der Waals surface area contributed by atoms with E-state index < -0.39 is 46.3 Å². The van der Waals surface area contributed by atoms with Gasteiger partial charge in [-0.1, -0.05) is 0 Å². The van der Waals surface area contributed by atoms with Gasteiger partial charge < -0.3 is 10.0 Å². The Kier molecular flexibility index (Phi) is 1.95. The lowest BCUT2D eigenvalue weighted by Crippen LogP contribution is -2.40. The molecule has 0 spiro atoms. The lowest BCUT2D eigenvalue weighted by Gasteiger charge is -2.16. The van der Waals surface area contributed by atoms with Crippen LogP contribution < -0.4 is 0 Å². The summed E-state index contributed by atoms with van der Waals surface area (Å²) in [6, 6.07) is -1.34. The number of aliphatic carboxylic acids is 1. The first kappa shape index (κ1) is 8.49. The van der Waals surface area contributed by atoms with Crippen molar-refractivity contribution in [3.8, 4) is 0 Å². The molecular formula is C6H9NO5S. The van der Waals surface area contributed by atoms with Crippen molar-refractivity contribution in [2.45, 2.75) is 12.9 Å². The van der Waals surface area contributed by atoms with E-state index in [1.165, 1.54) is 0 Å². The summed E-state index contributed by atoms with van der Waals surface area (Å²) in [5.41, 5.74) is 0. The zero-order valence-electron chi connectivity index (χ0n) is 7.63. The minimum absolute atomic E-state index is 0.561. The first-order valence-electron chi connectivity index (χ1n) is 4.10. The standard InChI is InChI=1S/C6H9NO5S/c1-4(8)7-3-13(11,12)2-5(7)6(9)10/h5H,2-3H2,1H3,(H,9,10)/t5-/m0/s1/i1D. The number of amides is 1. The molecule has 0 aromatic rings. The van der Waals surface area contributed by atoms with Crippen LogP contribution in [0.5, 0.6) is 0 Å². The van der Waals surface area contributed by atoms with E-state index in [2.05, 4.69) is 0 Å². The Hall–Kier alpha value is -1.11. The van der Waals surface area contributed by atoms with Crippen LogP contribution in [0.3, 0.4) is 0 Å². The van der Waals surface area contributed by atoms with Crippen molar-refractivity contribution < 1.29 is 24.5 Å². The van der Waals surface area contributed by atoms with Crippen LogP contribution in [0, 0.1) is 0 Å². The minimum Gasteiger partial charge on any atom is -0.480 e. The molecule has 0 saturated carbocycles. The Balaban J connectivity index is 2.94. The summed E-state index contributed by atoms with van der Waals surface area (Å²) in [4.78, 5) is 22.3. The molecule has 1 rings (SSSR count). The molecule has 0 aliphatic carbocycles. The van der Waals surface area contributed by atoms with Crippen LogP contribution in [0.1, 0.15) is 8.27 Å². The number of carboxylic acid groups (broad SMARTS) is 1. The second-order valence-electron chi connectivity index (χ2n) is 2.76. The third kappa shape index (κ3) is 1.97. The monoisotopic (exact) mass is 208 g/mol. The molecule has 1 aliphatic rings. The Morgan fingerprint density at radius 2 is 2.23 bits per heavy atom. The summed E-state index contributed by atoms with van der Waals surface area (Å²) in [5.74, 6) is -3.29. The SMILES string of the molecule is [2H]CC(=O)N1CS(=O)(=O)C[C@H]1C(=O)O. The molecule has 74 valence electrons. The van der Waals surface area contributed by atoms with Gasteiger partial charge in [-0.2, -0.15) is 0 Å². The number of carbonyl (C=O) groups excluding carboxylic acids is 1. The third-order valence-corrected chi connectivity index (χ3v) is 3.22. The number of nitrogens with zero attached hydrogens (tertiary/aromatic N) is 1. The fraction of sp³-hybridized carbons (Fsp3) is 0.667. The predicted molar refractivity (Wildman–Crippen MR) is 42.6 cm³/mol. The Labute approximate surface area is 76.5 Å². The summed E-state index contributed by atoms with van der Waals surface area (Å²) in [6.07, 6.45) is 0. The quantitative estimate of drug-likeness (QED) is 0.576. The highest BCUT2D eigenvalue weighted by Gasteiger charge is 2.41. The van der Waals surface area contributed by atoms with Gasteiger partial charge >= 0.3 is 5.97 Å². The van der Waals surface area contributed by atoms with Crippen LogP contribution >= 0.6 is 0 Å². The largest absolute Gasteiger partial charge is 0.480 e. The van der Waals surface area contributed by atoms with Gasteiger partial charge in [0.2, 0.25) is 5.91 Å². The van der Waals surface area contributed by atoms with Crippen molar-refractivity contribution in [2.75, 3.05) is 11.6 Å². The van der Waals surface area contributed by atoms with Crippen LogP contribution in [0.2, 0.25) is 0 Å². The van der Waals surface area contributed by atoms with Crippen molar-refractivity contribution >= 4 is 21.7 Å². The van der Waals surface area contributed by atoms with Gasteiger partial charge in [0.15, 0.2) is 9.84 Å². The smallest absolute Gasteiger partial charge is 0.327 e. The molecule has 1 fully saturated rings. The molecule has 1 atom stereocenters. The van der Waals surface area contributed by atoms with Gasteiger partial charge in [-0.3, -0.25) is 4.79 Å². The van der Waals surface area contributed by atoms with Gasteiger partial charge in [-0.25, -0.2) is 13.2 Å². The molecule has 1 N–H and O–H groups in total. The van der Waals surface area contributed by atoms with Crippen molar-refractivity contribution in [1.82, 2.24) is 4.90 Å². The third-order valence-electron chi connectivity index (χ3n) is 1.73. The van der Waals surface area contributed by atoms with E-state index in [4.69, 9.17) is 6.48 Å². The van der Waals surface area contributed by atoms with Gasteiger partial charge in [0.1, 0.15) is 11.9 Å². The van der Waals surface area contributed by atoms with Crippen LogP contribution in [0.4, 0.5) is 0 Å². The molecule has 0 aromatic carbocycles. The van der Waals surface area contributed by atoms with Crippen molar-refractivity contribution in [3.05, 3.63) is 0 Å². The lowest BCUT2D eigenvalue weighted by atomic mass is 10.3. The summed E-state index contributed by atoms with van der Waals surface area (Å²) in [6.45, 7) is -0.640. The molecule has 1 amide bonds. The number of carboxylic acids is 1. The van der Waals surface area contributed by atoms with Gasteiger partial charge in [-0.05, 0) is 0 Å². The van der Waals surface area contributed by atoms with Gasteiger partial charge in [0.25, 0.3) is 0 Å². The molecule has 0 aromatic heterocycles. The number of hydrogen-bond acceptors (Lipinski definition) is 4. The second-order valence-corrected chi connectivity index (χ2v) is 4.84. The van der Waals surface area contributed by atoms with Crippen LogP contribution in [-0.2, 0) is 19.4 Å². The first-order valence-corrected chi connectivity index (χ1v) is 5.21. The average molecular weight is 208 g/mol. The number of carbonyl (C=O) groups is 2. The lowest BCUT2D eigenvalue weighted by molar-refractivity contribution is -0.146. The maximum atomic E-state index is 11.1. The highest BCUT2D eigenvalue weighted by molar-refractivity contribution is 7.91. The molecule has 0 unspecified atom stereocenters. The van der Waals surface area contributed by atoms with Crippen molar-refractivity contribution in [3.63, 3.8) is 0 Å². The maximum absolute atomic E-state index is 11.1. The summed E-state index contributed by atoms with van der Waals surface area (Å²) < 4.78 is 28.9. The van der Waals surface area contributed by atoms with E-state index >= 15 is 0 Å². The van der Waals surface area contributed by atoms with Gasteiger partial charge in [-0.15, -0.1) is 0 Å². The second kappa shape index (κ2) is 2.99.